The summed E-state index contributed by atoms with van der Waals surface area (Å²) in [5.41, 5.74) is 2.23. The Labute approximate surface area is 164 Å². The molecule has 0 fully saturated rings. The van der Waals surface area contributed by atoms with Crippen molar-refractivity contribution in [1.29, 1.82) is 0 Å². The summed E-state index contributed by atoms with van der Waals surface area (Å²) in [5, 5.41) is 5.51. The van der Waals surface area contributed by atoms with Crippen LogP contribution in [0.5, 0.6) is 0 Å². The molecule has 5 heteroatoms. The van der Waals surface area contributed by atoms with E-state index in [2.05, 4.69) is 5.32 Å². The average Bonchev–Trinajstić information content (AvgIpc) is 3.16. The summed E-state index contributed by atoms with van der Waals surface area (Å²) in [4.78, 5) is 38.8. The summed E-state index contributed by atoms with van der Waals surface area (Å²) < 4.78 is 1.02. The minimum atomic E-state index is -0.301. The van der Waals surface area contributed by atoms with Crippen molar-refractivity contribution >= 4 is 44.6 Å². The van der Waals surface area contributed by atoms with Gasteiger partial charge in [-0.3, -0.25) is 14.4 Å². The molecule has 0 aliphatic heterocycles. The number of nitrogens with one attached hydrogen (secondary N) is 1. The Morgan fingerprint density at radius 3 is 2.25 bits per heavy atom. The Kier molecular flexibility index (Phi) is 3.70. The molecule has 0 spiro atoms. The van der Waals surface area contributed by atoms with Crippen LogP contribution in [0.15, 0.2) is 72.1 Å². The highest BCUT2D eigenvalue weighted by molar-refractivity contribution is 7.17. The van der Waals surface area contributed by atoms with E-state index in [1.165, 1.54) is 11.3 Å². The Hall–Kier alpha value is -3.57. The van der Waals surface area contributed by atoms with E-state index in [0.717, 1.165) is 10.1 Å². The largest absolute Gasteiger partial charge is 0.321 e. The summed E-state index contributed by atoms with van der Waals surface area (Å²) in [6, 6.07) is 19.4. The van der Waals surface area contributed by atoms with E-state index in [1.807, 2.05) is 24.3 Å². The Bertz CT molecular complexity index is 1300. The van der Waals surface area contributed by atoms with Crippen LogP contribution >= 0.6 is 11.3 Å². The zero-order chi connectivity index (χ0) is 19.3. The fraction of sp³-hybridized carbons (Fsp3) is 0. The molecule has 1 aliphatic rings. The van der Waals surface area contributed by atoms with Crippen molar-refractivity contribution in [2.45, 2.75) is 0 Å². The van der Waals surface area contributed by atoms with Gasteiger partial charge in [0, 0.05) is 32.2 Å². The summed E-state index contributed by atoms with van der Waals surface area (Å²) in [6.07, 6.45) is 0. The fourth-order valence-corrected chi connectivity index (χ4v) is 4.53. The molecule has 1 amide bonds. The number of carbonyl (C=O) groups is 3. The van der Waals surface area contributed by atoms with Gasteiger partial charge in [-0.2, -0.15) is 0 Å². The molecule has 4 aromatic rings. The van der Waals surface area contributed by atoms with Gasteiger partial charge in [0.15, 0.2) is 11.6 Å². The molecule has 1 N–H and O–H groups in total. The minimum Gasteiger partial charge on any atom is -0.321 e. The highest BCUT2D eigenvalue weighted by atomic mass is 32.1. The van der Waals surface area contributed by atoms with Gasteiger partial charge in [-0.1, -0.05) is 54.6 Å². The van der Waals surface area contributed by atoms with Crippen LogP contribution < -0.4 is 5.32 Å². The van der Waals surface area contributed by atoms with Crippen LogP contribution in [0.1, 0.15) is 42.2 Å². The Morgan fingerprint density at radius 1 is 0.750 bits per heavy atom. The highest BCUT2D eigenvalue weighted by Crippen LogP contribution is 2.33. The lowest BCUT2D eigenvalue weighted by molar-refractivity contribution is 0.0978. The molecule has 4 nitrogen and oxygen atoms in total. The normalized spacial score (nSPS) is 12.6. The maximum atomic E-state index is 13.1. The van der Waals surface area contributed by atoms with E-state index in [0.29, 0.717) is 27.9 Å². The maximum Gasteiger partial charge on any atom is 0.257 e. The van der Waals surface area contributed by atoms with Gasteiger partial charge in [0.05, 0.1) is 16.8 Å². The number of ketones is 2. The molecule has 28 heavy (non-hydrogen) atoms. The van der Waals surface area contributed by atoms with Crippen LogP contribution in [0.25, 0.3) is 10.1 Å². The zero-order valence-corrected chi connectivity index (χ0v) is 15.4. The SMILES string of the molecule is O=C1c2ccccc2C(=O)c2c(NC(=O)c3csc4ccccc34)cccc21. The van der Waals surface area contributed by atoms with Crippen LogP contribution in [0, 0.1) is 0 Å². The smallest absolute Gasteiger partial charge is 0.257 e. The summed E-state index contributed by atoms with van der Waals surface area (Å²) in [7, 11) is 0. The van der Waals surface area contributed by atoms with Gasteiger partial charge >= 0.3 is 0 Å². The first-order valence-electron chi connectivity index (χ1n) is 8.74. The van der Waals surface area contributed by atoms with Crippen molar-refractivity contribution in [3.63, 3.8) is 0 Å². The van der Waals surface area contributed by atoms with Crippen molar-refractivity contribution < 1.29 is 14.4 Å². The first kappa shape index (κ1) is 16.6. The van der Waals surface area contributed by atoms with Crippen molar-refractivity contribution in [1.82, 2.24) is 0 Å². The van der Waals surface area contributed by atoms with E-state index in [1.54, 1.807) is 47.8 Å². The van der Waals surface area contributed by atoms with Crippen LogP contribution in [-0.4, -0.2) is 17.5 Å². The molecule has 3 aromatic carbocycles. The molecule has 1 aromatic heterocycles. The van der Waals surface area contributed by atoms with Crippen molar-refractivity contribution in [3.8, 4) is 0 Å². The first-order chi connectivity index (χ1) is 13.6. The molecule has 0 saturated carbocycles. The highest BCUT2D eigenvalue weighted by Gasteiger charge is 2.31. The maximum absolute atomic E-state index is 13.1. The van der Waals surface area contributed by atoms with Crippen molar-refractivity contribution in [2.75, 3.05) is 5.32 Å². The first-order valence-corrected chi connectivity index (χ1v) is 9.62. The second kappa shape index (κ2) is 6.25. The molecular weight excluding hydrogens is 370 g/mol. The van der Waals surface area contributed by atoms with Gasteiger partial charge in [-0.05, 0) is 12.1 Å². The lowest BCUT2D eigenvalue weighted by atomic mass is 9.83. The van der Waals surface area contributed by atoms with Crippen LogP contribution in [0.3, 0.4) is 0 Å². The third kappa shape index (κ3) is 2.41. The number of hydrogen-bond donors (Lipinski definition) is 1. The van der Waals surface area contributed by atoms with E-state index in [4.69, 9.17) is 0 Å². The Morgan fingerprint density at radius 2 is 1.43 bits per heavy atom. The van der Waals surface area contributed by atoms with Crippen LogP contribution in [0.4, 0.5) is 5.69 Å². The van der Waals surface area contributed by atoms with Gasteiger partial charge in [-0.15, -0.1) is 11.3 Å². The average molecular weight is 383 g/mol. The summed E-state index contributed by atoms with van der Waals surface area (Å²) in [5.74, 6) is -0.761. The quantitative estimate of drug-likeness (QED) is 0.470. The number of anilines is 1. The zero-order valence-electron chi connectivity index (χ0n) is 14.6. The summed E-state index contributed by atoms with van der Waals surface area (Å²) in [6.45, 7) is 0. The Balaban J connectivity index is 1.59. The van der Waals surface area contributed by atoms with Crippen molar-refractivity contribution in [2.24, 2.45) is 0 Å². The molecule has 0 saturated heterocycles. The minimum absolute atomic E-state index is 0.206. The number of carbonyl (C=O) groups excluding carboxylic acids is 3. The van der Waals surface area contributed by atoms with Crippen LogP contribution in [-0.2, 0) is 0 Å². The molecule has 0 unspecified atom stereocenters. The summed E-state index contributed by atoms with van der Waals surface area (Å²) >= 11 is 1.49. The molecule has 0 bridgehead atoms. The van der Waals surface area contributed by atoms with E-state index < -0.39 is 0 Å². The molecule has 5 rings (SSSR count). The van der Waals surface area contributed by atoms with Gasteiger partial charge in [0.25, 0.3) is 5.91 Å². The lowest BCUT2D eigenvalue weighted by Gasteiger charge is -2.20. The number of benzene rings is 3. The van der Waals surface area contributed by atoms with Gasteiger partial charge in [0.1, 0.15) is 0 Å². The number of hydrogen-bond acceptors (Lipinski definition) is 4. The van der Waals surface area contributed by atoms with Gasteiger partial charge in [-0.25, -0.2) is 0 Å². The van der Waals surface area contributed by atoms with E-state index in [-0.39, 0.29) is 23.0 Å². The number of rotatable bonds is 2. The molecule has 134 valence electrons. The monoisotopic (exact) mass is 383 g/mol. The lowest BCUT2D eigenvalue weighted by Crippen LogP contribution is -2.23. The molecule has 0 atom stereocenters. The van der Waals surface area contributed by atoms with E-state index in [9.17, 15) is 14.4 Å². The number of amides is 1. The van der Waals surface area contributed by atoms with Crippen molar-refractivity contribution in [3.05, 3.63) is 99.9 Å². The second-order valence-electron chi connectivity index (χ2n) is 6.53. The number of thiophene rings is 1. The molecule has 1 aliphatic carbocycles. The third-order valence-electron chi connectivity index (χ3n) is 4.93. The molecular formula is C23H13NO3S. The molecule has 0 radical (unpaired) electrons. The standard InChI is InChI=1S/C23H13NO3S/c25-21-14-7-1-2-8-15(14)22(26)20-16(21)9-5-10-18(20)24-23(27)17-12-28-19-11-4-3-6-13(17)19/h1-12H,(H,24,27). The topological polar surface area (TPSA) is 63.2 Å². The van der Waals surface area contributed by atoms with Crippen LogP contribution in [0.2, 0.25) is 0 Å². The predicted molar refractivity (Wildman–Crippen MR) is 110 cm³/mol. The molecule has 1 heterocycles. The van der Waals surface area contributed by atoms with Gasteiger partial charge in [0.2, 0.25) is 0 Å². The predicted octanol–water partition coefficient (Wildman–Crippen LogP) is 4.93. The fourth-order valence-electron chi connectivity index (χ4n) is 3.59. The third-order valence-corrected chi connectivity index (χ3v) is 5.89. The van der Waals surface area contributed by atoms with E-state index >= 15 is 0 Å². The number of fused-ring (bicyclic) bond motifs is 3. The second-order valence-corrected chi connectivity index (χ2v) is 7.44. The van der Waals surface area contributed by atoms with Gasteiger partial charge < -0.3 is 5.32 Å².